The molecule has 43 heavy (non-hydrogen) atoms. The summed E-state index contributed by atoms with van der Waals surface area (Å²) in [6.07, 6.45) is 5.20. The Balaban J connectivity index is 1.76. The van der Waals surface area contributed by atoms with Crippen LogP contribution in [-0.4, -0.2) is 62.2 Å². The van der Waals surface area contributed by atoms with Gasteiger partial charge in [-0.1, -0.05) is 97.1 Å². The van der Waals surface area contributed by atoms with Gasteiger partial charge in [-0.2, -0.15) is 12.7 Å². The average Bonchev–Trinajstić information content (AvgIpc) is 2.99. The molecular formula is C32H38Cl2N4O4S. The van der Waals surface area contributed by atoms with Crippen LogP contribution in [0, 0.1) is 0 Å². The van der Waals surface area contributed by atoms with Crippen LogP contribution in [0.25, 0.3) is 0 Å². The number of para-hydroxylation sites is 1. The van der Waals surface area contributed by atoms with E-state index in [1.165, 1.54) is 19.0 Å². The minimum atomic E-state index is -4.06. The van der Waals surface area contributed by atoms with Crippen LogP contribution in [0.2, 0.25) is 10.0 Å². The van der Waals surface area contributed by atoms with Crippen molar-refractivity contribution in [2.24, 2.45) is 0 Å². The van der Waals surface area contributed by atoms with Gasteiger partial charge in [0.15, 0.2) is 0 Å². The number of hydrogen-bond donors (Lipinski definition) is 1. The van der Waals surface area contributed by atoms with E-state index >= 15 is 0 Å². The van der Waals surface area contributed by atoms with Crippen molar-refractivity contribution in [1.82, 2.24) is 14.5 Å². The summed E-state index contributed by atoms with van der Waals surface area (Å²) in [4.78, 5) is 29.9. The molecule has 1 N–H and O–H groups in total. The van der Waals surface area contributed by atoms with Crippen LogP contribution < -0.4 is 9.62 Å². The monoisotopic (exact) mass is 644 g/mol. The number of carbonyl (C=O) groups is 2. The molecule has 1 aliphatic rings. The van der Waals surface area contributed by atoms with Crippen LogP contribution in [0.1, 0.15) is 43.2 Å². The smallest absolute Gasteiger partial charge is 0.304 e. The number of nitrogens with one attached hydrogen (secondary N) is 1. The van der Waals surface area contributed by atoms with Gasteiger partial charge in [0.2, 0.25) is 11.8 Å². The third kappa shape index (κ3) is 8.72. The predicted octanol–water partition coefficient (Wildman–Crippen LogP) is 5.70. The van der Waals surface area contributed by atoms with Crippen molar-refractivity contribution in [2.75, 3.05) is 24.9 Å². The number of nitrogens with zero attached hydrogens (tertiary/aromatic N) is 3. The summed E-state index contributed by atoms with van der Waals surface area (Å²) in [5, 5.41) is 3.97. The van der Waals surface area contributed by atoms with Gasteiger partial charge in [0.25, 0.3) is 0 Å². The molecule has 4 rings (SSSR count). The van der Waals surface area contributed by atoms with Crippen molar-refractivity contribution >= 4 is 50.9 Å². The molecule has 0 radical (unpaired) electrons. The first-order valence-corrected chi connectivity index (χ1v) is 16.5. The first-order valence-electron chi connectivity index (χ1n) is 14.4. The van der Waals surface area contributed by atoms with Gasteiger partial charge in [0.1, 0.15) is 12.6 Å². The predicted molar refractivity (Wildman–Crippen MR) is 172 cm³/mol. The molecule has 0 saturated heterocycles. The van der Waals surface area contributed by atoms with Crippen molar-refractivity contribution in [3.63, 3.8) is 0 Å². The SMILES string of the molecule is CN(C)S(=O)(=O)N(CC(=O)N(Cc1ccc(Cl)cc1Cl)C(Cc1ccccc1)C(=O)NC1CCCCC1)c1ccccc1. The van der Waals surface area contributed by atoms with Crippen LogP contribution in [0.3, 0.4) is 0 Å². The molecule has 1 aliphatic carbocycles. The van der Waals surface area contributed by atoms with Crippen molar-refractivity contribution in [1.29, 1.82) is 0 Å². The minimum absolute atomic E-state index is 0.0188. The average molecular weight is 646 g/mol. The van der Waals surface area contributed by atoms with E-state index in [9.17, 15) is 18.0 Å². The summed E-state index contributed by atoms with van der Waals surface area (Å²) in [6, 6.07) is 22.0. The maximum Gasteiger partial charge on any atom is 0.304 e. The van der Waals surface area contributed by atoms with Crippen LogP contribution >= 0.6 is 23.2 Å². The summed E-state index contributed by atoms with van der Waals surface area (Å²) >= 11 is 12.7. The molecule has 1 atom stereocenters. The number of hydrogen-bond acceptors (Lipinski definition) is 4. The Bertz CT molecular complexity index is 1480. The second-order valence-corrected chi connectivity index (χ2v) is 13.8. The second kappa shape index (κ2) is 15.1. The number of benzene rings is 3. The van der Waals surface area contributed by atoms with Crippen LogP contribution in [0.5, 0.6) is 0 Å². The number of carbonyl (C=O) groups excluding carboxylic acids is 2. The number of halogens is 2. The van der Waals surface area contributed by atoms with Crippen LogP contribution in [0.15, 0.2) is 78.9 Å². The van der Waals surface area contributed by atoms with E-state index in [0.717, 1.165) is 46.3 Å². The highest BCUT2D eigenvalue weighted by Crippen LogP contribution is 2.26. The Kier molecular flexibility index (Phi) is 11.5. The third-order valence-corrected chi connectivity index (χ3v) is 10.0. The molecule has 0 heterocycles. The highest BCUT2D eigenvalue weighted by Gasteiger charge is 2.35. The minimum Gasteiger partial charge on any atom is -0.352 e. The molecule has 0 aliphatic heterocycles. The van der Waals surface area contributed by atoms with E-state index in [1.807, 2.05) is 30.3 Å². The molecule has 0 aromatic heterocycles. The van der Waals surface area contributed by atoms with Gasteiger partial charge in [0, 0.05) is 43.1 Å². The molecule has 8 nitrogen and oxygen atoms in total. The van der Waals surface area contributed by atoms with Crippen molar-refractivity contribution in [3.8, 4) is 0 Å². The molecule has 230 valence electrons. The highest BCUT2D eigenvalue weighted by atomic mass is 35.5. The normalized spacial score (nSPS) is 14.7. The Hall–Kier alpha value is -3.11. The molecule has 2 amide bonds. The molecule has 1 unspecified atom stereocenters. The lowest BCUT2D eigenvalue weighted by Gasteiger charge is -2.35. The van der Waals surface area contributed by atoms with Gasteiger partial charge in [-0.3, -0.25) is 9.59 Å². The zero-order valence-electron chi connectivity index (χ0n) is 24.5. The number of rotatable bonds is 12. The van der Waals surface area contributed by atoms with Crippen molar-refractivity contribution < 1.29 is 18.0 Å². The highest BCUT2D eigenvalue weighted by molar-refractivity contribution is 7.90. The summed E-state index contributed by atoms with van der Waals surface area (Å²) in [5.74, 6) is -0.823. The van der Waals surface area contributed by atoms with Gasteiger partial charge in [-0.15, -0.1) is 0 Å². The van der Waals surface area contributed by atoms with E-state index in [4.69, 9.17) is 23.2 Å². The maximum absolute atomic E-state index is 14.4. The standard InChI is InChI=1S/C32H38Cl2N4O4S/c1-36(2)43(41,42)38(28-16-10-5-11-17-28)23-31(39)37(22-25-18-19-26(33)21-29(25)34)30(20-24-12-6-3-7-13-24)32(40)35-27-14-8-4-9-15-27/h3,5-7,10-13,16-19,21,27,30H,4,8-9,14-15,20,22-23H2,1-2H3,(H,35,40). The molecule has 1 fully saturated rings. The van der Waals surface area contributed by atoms with E-state index in [0.29, 0.717) is 21.3 Å². The lowest BCUT2D eigenvalue weighted by Crippen LogP contribution is -2.55. The quantitative estimate of drug-likeness (QED) is 0.274. The van der Waals surface area contributed by atoms with Crippen LogP contribution in [0.4, 0.5) is 5.69 Å². The molecular weight excluding hydrogens is 607 g/mol. The zero-order valence-corrected chi connectivity index (χ0v) is 26.8. The molecule has 0 bridgehead atoms. The Morgan fingerprint density at radius 3 is 2.14 bits per heavy atom. The van der Waals surface area contributed by atoms with Gasteiger partial charge < -0.3 is 10.2 Å². The number of anilines is 1. The number of amides is 2. The zero-order chi connectivity index (χ0) is 31.0. The van der Waals surface area contributed by atoms with Gasteiger partial charge in [0.05, 0.1) is 5.69 Å². The van der Waals surface area contributed by atoms with Gasteiger partial charge >= 0.3 is 10.2 Å². The van der Waals surface area contributed by atoms with E-state index in [2.05, 4.69) is 5.32 Å². The lowest BCUT2D eigenvalue weighted by atomic mass is 9.94. The maximum atomic E-state index is 14.4. The van der Waals surface area contributed by atoms with Crippen molar-refractivity contribution in [3.05, 3.63) is 100 Å². The van der Waals surface area contributed by atoms with E-state index in [1.54, 1.807) is 48.5 Å². The Morgan fingerprint density at radius 1 is 0.907 bits per heavy atom. The van der Waals surface area contributed by atoms with Gasteiger partial charge in [-0.25, -0.2) is 4.31 Å². The molecule has 3 aromatic carbocycles. The first-order chi connectivity index (χ1) is 20.6. The van der Waals surface area contributed by atoms with E-state index < -0.39 is 28.7 Å². The second-order valence-electron chi connectivity index (χ2n) is 10.9. The van der Waals surface area contributed by atoms with E-state index in [-0.39, 0.29) is 24.9 Å². The summed E-state index contributed by atoms with van der Waals surface area (Å²) in [6.45, 7) is -0.535. The lowest BCUT2D eigenvalue weighted by molar-refractivity contribution is -0.140. The molecule has 0 spiro atoms. The fraction of sp³-hybridized carbons (Fsp3) is 0.375. The van der Waals surface area contributed by atoms with Gasteiger partial charge in [-0.05, 0) is 48.2 Å². The van der Waals surface area contributed by atoms with Crippen LogP contribution in [-0.2, 0) is 32.8 Å². The summed E-state index contributed by atoms with van der Waals surface area (Å²) < 4.78 is 29.0. The van der Waals surface area contributed by atoms with Crippen molar-refractivity contribution in [2.45, 2.75) is 57.2 Å². The first kappa shape index (κ1) is 32.8. The summed E-state index contributed by atoms with van der Waals surface area (Å²) in [5.41, 5.74) is 1.79. The fourth-order valence-electron chi connectivity index (χ4n) is 5.24. The molecule has 3 aromatic rings. The molecule has 1 saturated carbocycles. The topological polar surface area (TPSA) is 90.0 Å². The third-order valence-electron chi connectivity index (χ3n) is 7.64. The Labute approximate surface area is 264 Å². The summed E-state index contributed by atoms with van der Waals surface area (Å²) in [7, 11) is -1.23. The Morgan fingerprint density at radius 2 is 1.53 bits per heavy atom. The fourth-order valence-corrected chi connectivity index (χ4v) is 6.77. The molecule has 11 heteroatoms. The largest absolute Gasteiger partial charge is 0.352 e.